The first kappa shape index (κ1) is 20.5. The summed E-state index contributed by atoms with van der Waals surface area (Å²) < 4.78 is 70.2. The summed E-state index contributed by atoms with van der Waals surface area (Å²) in [4.78, 5) is 4.95. The summed E-state index contributed by atoms with van der Waals surface area (Å²) in [6.45, 7) is -0.388. The molecule has 3 aromatic carbocycles. The number of oxime groups is 1. The zero-order valence-electron chi connectivity index (χ0n) is 15.9. The molecule has 0 aromatic heterocycles. The van der Waals surface area contributed by atoms with Crippen LogP contribution in [0.3, 0.4) is 0 Å². The monoisotopic (exact) mass is 433 g/mol. The molecule has 5 nitrogen and oxygen atoms in total. The molecule has 0 bridgehead atoms. The van der Waals surface area contributed by atoms with Gasteiger partial charge in [-0.25, -0.2) is 4.39 Å². The molecule has 0 N–H and O–H groups in total. The van der Waals surface area contributed by atoms with Crippen LogP contribution in [0.5, 0.6) is 23.0 Å². The van der Waals surface area contributed by atoms with Crippen LogP contribution in [-0.4, -0.2) is 18.7 Å². The average molecular weight is 433 g/mol. The molecule has 0 unspecified atom stereocenters. The van der Waals surface area contributed by atoms with Gasteiger partial charge in [0.05, 0.1) is 0 Å². The molecule has 0 fully saturated rings. The number of ether oxygens (including phenoxy) is 3. The van der Waals surface area contributed by atoms with Crippen molar-refractivity contribution in [3.63, 3.8) is 0 Å². The van der Waals surface area contributed by atoms with Crippen LogP contribution < -0.4 is 14.2 Å². The lowest BCUT2D eigenvalue weighted by molar-refractivity contribution is -0.0618. The van der Waals surface area contributed by atoms with E-state index >= 15 is 0 Å². The van der Waals surface area contributed by atoms with E-state index in [1.165, 1.54) is 30.3 Å². The summed E-state index contributed by atoms with van der Waals surface area (Å²) in [6, 6.07) is 16.1. The maximum Gasteiger partial charge on any atom is 0.437 e. The third-order valence-electron chi connectivity index (χ3n) is 4.27. The Morgan fingerprint density at radius 2 is 1.71 bits per heavy atom. The second-order valence-corrected chi connectivity index (χ2v) is 6.46. The number of rotatable bonds is 6. The van der Waals surface area contributed by atoms with Crippen LogP contribution in [-0.2, 0) is 11.4 Å². The summed E-state index contributed by atoms with van der Waals surface area (Å²) in [7, 11) is 0. The molecular formula is C22H15F4NO4. The minimum Gasteiger partial charge on any atom is -0.454 e. The number of alkyl halides is 3. The molecule has 0 saturated heterocycles. The molecule has 0 spiro atoms. The molecule has 3 aromatic rings. The molecule has 1 aliphatic rings. The van der Waals surface area contributed by atoms with Crippen LogP contribution in [0.15, 0.2) is 71.9 Å². The van der Waals surface area contributed by atoms with Gasteiger partial charge in [0, 0.05) is 5.56 Å². The highest BCUT2D eigenvalue weighted by Crippen LogP contribution is 2.35. The zero-order chi connectivity index (χ0) is 21.8. The van der Waals surface area contributed by atoms with Crippen molar-refractivity contribution in [2.45, 2.75) is 12.8 Å². The van der Waals surface area contributed by atoms with E-state index < -0.39 is 17.7 Å². The number of fused-ring (bicyclic) bond motifs is 1. The summed E-state index contributed by atoms with van der Waals surface area (Å²) >= 11 is 0. The number of para-hydroxylation sites is 1. The largest absolute Gasteiger partial charge is 0.454 e. The summed E-state index contributed by atoms with van der Waals surface area (Å²) in [5.41, 5.74) is -1.08. The SMILES string of the molecule is Fc1ccc(CON=C(c2ccc3c(c2)OCO3)C(F)(F)F)cc1Oc1ccccc1. The number of nitrogens with zero attached hydrogens (tertiary/aromatic N) is 1. The van der Waals surface area contributed by atoms with Gasteiger partial charge in [0.25, 0.3) is 0 Å². The third-order valence-corrected chi connectivity index (χ3v) is 4.27. The van der Waals surface area contributed by atoms with E-state index in [2.05, 4.69) is 5.16 Å². The Morgan fingerprint density at radius 1 is 0.935 bits per heavy atom. The fourth-order valence-electron chi connectivity index (χ4n) is 2.81. The third kappa shape index (κ3) is 4.88. The standard InChI is InChI=1S/C22H15F4NO4/c23-17-8-6-14(10-19(17)31-16-4-2-1-3-5-16)12-30-27-21(22(24,25)26)15-7-9-18-20(11-15)29-13-28-18/h1-11H,12-13H2. The topological polar surface area (TPSA) is 49.3 Å². The second-order valence-electron chi connectivity index (χ2n) is 6.46. The Balaban J connectivity index is 1.51. The van der Waals surface area contributed by atoms with Crippen LogP contribution in [0.2, 0.25) is 0 Å². The zero-order valence-corrected chi connectivity index (χ0v) is 15.9. The predicted octanol–water partition coefficient (Wildman–Crippen LogP) is 5.83. The number of benzene rings is 3. The highest BCUT2D eigenvalue weighted by Gasteiger charge is 2.38. The summed E-state index contributed by atoms with van der Waals surface area (Å²) in [5.74, 6) is 0.259. The number of hydrogen-bond acceptors (Lipinski definition) is 5. The van der Waals surface area contributed by atoms with Crippen molar-refractivity contribution < 1.29 is 36.6 Å². The van der Waals surface area contributed by atoms with Gasteiger partial charge in [-0.15, -0.1) is 0 Å². The van der Waals surface area contributed by atoms with Gasteiger partial charge < -0.3 is 19.0 Å². The van der Waals surface area contributed by atoms with Crippen LogP contribution in [0.25, 0.3) is 0 Å². The Hall–Kier alpha value is -3.75. The first-order valence-electron chi connectivity index (χ1n) is 9.08. The molecule has 0 amide bonds. The quantitative estimate of drug-likeness (QED) is 0.279. The van der Waals surface area contributed by atoms with Crippen LogP contribution in [0.4, 0.5) is 17.6 Å². The van der Waals surface area contributed by atoms with E-state index in [0.717, 1.165) is 6.07 Å². The van der Waals surface area contributed by atoms with Crippen molar-refractivity contribution in [2.24, 2.45) is 5.16 Å². The van der Waals surface area contributed by atoms with Crippen molar-refractivity contribution in [1.29, 1.82) is 0 Å². The lowest BCUT2D eigenvalue weighted by atomic mass is 10.1. The van der Waals surface area contributed by atoms with Gasteiger partial charge in [0.15, 0.2) is 28.8 Å². The molecule has 0 saturated carbocycles. The van der Waals surface area contributed by atoms with Crippen molar-refractivity contribution in [1.82, 2.24) is 0 Å². The maximum absolute atomic E-state index is 14.0. The minimum absolute atomic E-state index is 0.0638. The normalized spacial score (nSPS) is 13.2. The predicted molar refractivity (Wildman–Crippen MR) is 103 cm³/mol. The molecule has 1 heterocycles. The van der Waals surface area contributed by atoms with Gasteiger partial charge in [-0.3, -0.25) is 0 Å². The summed E-state index contributed by atoms with van der Waals surface area (Å²) in [5, 5.41) is 3.28. The van der Waals surface area contributed by atoms with Crippen molar-refractivity contribution in [2.75, 3.05) is 6.79 Å². The maximum atomic E-state index is 14.0. The fraction of sp³-hybridized carbons (Fsp3) is 0.136. The van der Waals surface area contributed by atoms with Crippen molar-refractivity contribution >= 4 is 5.71 Å². The van der Waals surface area contributed by atoms with E-state index in [0.29, 0.717) is 17.1 Å². The lowest BCUT2D eigenvalue weighted by Gasteiger charge is -2.12. The first-order chi connectivity index (χ1) is 14.9. The second kappa shape index (κ2) is 8.55. The average Bonchev–Trinajstić information content (AvgIpc) is 3.21. The van der Waals surface area contributed by atoms with E-state index in [1.807, 2.05) is 0 Å². The van der Waals surface area contributed by atoms with Crippen LogP contribution in [0, 0.1) is 5.82 Å². The molecule has 1 aliphatic heterocycles. The Morgan fingerprint density at radius 3 is 2.48 bits per heavy atom. The van der Waals surface area contributed by atoms with Gasteiger partial charge in [-0.05, 0) is 48.0 Å². The van der Waals surface area contributed by atoms with Gasteiger partial charge >= 0.3 is 6.18 Å². The Bertz CT molecular complexity index is 1100. The molecule has 0 atom stereocenters. The van der Waals surface area contributed by atoms with Crippen LogP contribution >= 0.6 is 0 Å². The van der Waals surface area contributed by atoms with Gasteiger partial charge in [0.1, 0.15) is 12.4 Å². The molecule has 9 heteroatoms. The molecule has 4 rings (SSSR count). The fourth-order valence-corrected chi connectivity index (χ4v) is 2.81. The Labute approximate surface area is 174 Å². The van der Waals surface area contributed by atoms with Gasteiger partial charge in [-0.2, -0.15) is 13.2 Å². The first-order valence-corrected chi connectivity index (χ1v) is 9.08. The summed E-state index contributed by atoms with van der Waals surface area (Å²) in [6.07, 6.45) is -4.77. The molecular weight excluding hydrogens is 418 g/mol. The van der Waals surface area contributed by atoms with Gasteiger partial charge in [-0.1, -0.05) is 29.4 Å². The van der Waals surface area contributed by atoms with Crippen molar-refractivity contribution in [3.05, 3.63) is 83.7 Å². The minimum atomic E-state index is -4.77. The smallest absolute Gasteiger partial charge is 0.437 e. The van der Waals surface area contributed by atoms with E-state index in [1.54, 1.807) is 30.3 Å². The molecule has 160 valence electrons. The number of halogens is 4. The van der Waals surface area contributed by atoms with E-state index in [-0.39, 0.29) is 30.5 Å². The van der Waals surface area contributed by atoms with Gasteiger partial charge in [0.2, 0.25) is 6.79 Å². The highest BCUT2D eigenvalue weighted by atomic mass is 19.4. The Kier molecular flexibility index (Phi) is 5.66. The van der Waals surface area contributed by atoms with Crippen LogP contribution in [0.1, 0.15) is 11.1 Å². The molecule has 31 heavy (non-hydrogen) atoms. The molecule has 0 aliphatic carbocycles. The van der Waals surface area contributed by atoms with Crippen molar-refractivity contribution in [3.8, 4) is 23.0 Å². The van der Waals surface area contributed by atoms with E-state index in [4.69, 9.17) is 19.0 Å². The lowest BCUT2D eigenvalue weighted by Crippen LogP contribution is -2.24. The van der Waals surface area contributed by atoms with E-state index in [9.17, 15) is 17.6 Å². The highest BCUT2D eigenvalue weighted by molar-refractivity contribution is 6.04. The number of hydrogen-bond donors (Lipinski definition) is 0. The molecule has 0 radical (unpaired) electrons.